The molecule has 1 aromatic heterocycles. The molecule has 114 valence electrons. The Hall–Kier alpha value is 0.01000. The van der Waals surface area contributed by atoms with Gasteiger partial charge in [0.1, 0.15) is 0 Å². The molecule has 0 aliphatic carbocycles. The molecule has 0 amide bonds. The van der Waals surface area contributed by atoms with Crippen molar-refractivity contribution in [1.82, 2.24) is 9.21 Å². The molecule has 0 radical (unpaired) electrons. The van der Waals surface area contributed by atoms with Gasteiger partial charge in [0.05, 0.1) is 15.3 Å². The van der Waals surface area contributed by atoms with Crippen LogP contribution < -0.4 is 0 Å². The molecule has 0 spiro atoms. The van der Waals surface area contributed by atoms with Crippen LogP contribution in [0.4, 0.5) is 0 Å². The second-order valence-corrected chi connectivity index (χ2v) is 9.48. The van der Waals surface area contributed by atoms with Gasteiger partial charge >= 0.3 is 0 Å². The van der Waals surface area contributed by atoms with E-state index in [9.17, 15) is 8.42 Å². The predicted octanol–water partition coefficient (Wildman–Crippen LogP) is 1.51. The average Bonchev–Trinajstić information content (AvgIpc) is 2.77. The highest BCUT2D eigenvalue weighted by atomic mass is 79.9. The largest absolute Gasteiger partial charge is 0.395 e. The fraction of sp³-hybridized carbons (Fsp3) is 0.667. The normalized spacial score (nSPS) is 20.2. The van der Waals surface area contributed by atoms with Crippen molar-refractivity contribution < 1.29 is 13.5 Å². The number of piperazine rings is 1. The van der Waals surface area contributed by atoms with Crippen LogP contribution in [0.25, 0.3) is 0 Å². The number of thiophene rings is 1. The summed E-state index contributed by atoms with van der Waals surface area (Å²) in [6, 6.07) is 1.76. The molecule has 2 heterocycles. The molecule has 1 aliphatic heterocycles. The first-order valence-corrected chi connectivity index (χ1v) is 9.52. The first-order chi connectivity index (χ1) is 9.36. The van der Waals surface area contributed by atoms with Gasteiger partial charge in [0.2, 0.25) is 10.0 Å². The molecular formula is C12H19BrN2O3S2. The molecule has 1 aliphatic rings. The molecule has 1 N–H and O–H groups in total. The lowest BCUT2D eigenvalue weighted by atomic mass is 10.2. The summed E-state index contributed by atoms with van der Waals surface area (Å²) in [7, 11) is -3.40. The molecule has 1 atom stereocenters. The zero-order valence-corrected chi connectivity index (χ0v) is 14.8. The molecule has 1 saturated heterocycles. The van der Waals surface area contributed by atoms with Gasteiger partial charge in [-0.3, -0.25) is 4.90 Å². The van der Waals surface area contributed by atoms with E-state index in [2.05, 4.69) is 20.8 Å². The lowest BCUT2D eigenvalue weighted by Gasteiger charge is -2.36. The van der Waals surface area contributed by atoms with Crippen LogP contribution in [0.1, 0.15) is 11.8 Å². The zero-order valence-electron chi connectivity index (χ0n) is 11.5. The van der Waals surface area contributed by atoms with Gasteiger partial charge in [-0.25, -0.2) is 8.42 Å². The third-order valence-corrected chi connectivity index (χ3v) is 7.33. The minimum Gasteiger partial charge on any atom is -0.395 e. The Kier molecular flexibility index (Phi) is 5.25. The maximum absolute atomic E-state index is 12.6. The second kappa shape index (κ2) is 6.41. The zero-order chi connectivity index (χ0) is 14.9. The first-order valence-electron chi connectivity index (χ1n) is 6.47. The molecule has 0 aromatic carbocycles. The highest BCUT2D eigenvalue weighted by molar-refractivity contribution is 9.11. The van der Waals surface area contributed by atoms with Crippen LogP contribution in [0.15, 0.2) is 14.7 Å². The number of hydrogen-bond acceptors (Lipinski definition) is 5. The van der Waals surface area contributed by atoms with Crippen molar-refractivity contribution in [3.8, 4) is 0 Å². The summed E-state index contributed by atoms with van der Waals surface area (Å²) < 4.78 is 27.6. The van der Waals surface area contributed by atoms with Gasteiger partial charge in [-0.2, -0.15) is 4.31 Å². The molecule has 1 fully saturated rings. The van der Waals surface area contributed by atoms with Crippen molar-refractivity contribution in [2.45, 2.75) is 24.8 Å². The van der Waals surface area contributed by atoms with E-state index < -0.39 is 10.0 Å². The van der Waals surface area contributed by atoms with Crippen LogP contribution in [0.5, 0.6) is 0 Å². The van der Waals surface area contributed by atoms with Crippen molar-refractivity contribution in [1.29, 1.82) is 0 Å². The van der Waals surface area contributed by atoms with E-state index in [0.29, 0.717) is 31.1 Å². The summed E-state index contributed by atoms with van der Waals surface area (Å²) in [5, 5.41) is 9.15. The Labute approximate surface area is 132 Å². The van der Waals surface area contributed by atoms with Crippen molar-refractivity contribution >= 4 is 37.3 Å². The number of rotatable bonds is 4. The van der Waals surface area contributed by atoms with Gasteiger partial charge in [-0.05, 0) is 35.8 Å². The Morgan fingerprint density at radius 3 is 2.45 bits per heavy atom. The van der Waals surface area contributed by atoms with Gasteiger partial charge in [0.25, 0.3) is 0 Å². The summed E-state index contributed by atoms with van der Waals surface area (Å²) >= 11 is 4.77. The van der Waals surface area contributed by atoms with E-state index in [1.807, 2.05) is 13.8 Å². The maximum Gasteiger partial charge on any atom is 0.244 e. The van der Waals surface area contributed by atoms with Crippen LogP contribution in [0, 0.1) is 6.92 Å². The van der Waals surface area contributed by atoms with Gasteiger partial charge in [-0.1, -0.05) is 0 Å². The highest BCUT2D eigenvalue weighted by Crippen LogP contribution is 2.31. The summed E-state index contributed by atoms with van der Waals surface area (Å²) in [5.74, 6) is 0. The van der Waals surface area contributed by atoms with E-state index in [0.717, 1.165) is 8.66 Å². The van der Waals surface area contributed by atoms with Gasteiger partial charge in [0, 0.05) is 37.1 Å². The molecule has 5 nitrogen and oxygen atoms in total. The Bertz CT molecular complexity index is 565. The Morgan fingerprint density at radius 1 is 1.40 bits per heavy atom. The molecule has 2 rings (SSSR count). The van der Waals surface area contributed by atoms with Crippen LogP contribution in [0.3, 0.4) is 0 Å². The molecule has 1 aromatic rings. The molecule has 20 heavy (non-hydrogen) atoms. The Morgan fingerprint density at radius 2 is 2.00 bits per heavy atom. The standard InChI is InChI=1S/C12H19BrN2O3S2/c1-9(8-16)14-3-5-15(6-4-14)20(17,18)11-7-12(13)19-10(11)2/h7,9,16H,3-6,8H2,1-2H3. The first kappa shape index (κ1) is 16.4. The van der Waals surface area contributed by atoms with Crippen molar-refractivity contribution in [2.24, 2.45) is 0 Å². The number of sulfonamides is 1. The lowest BCUT2D eigenvalue weighted by molar-refractivity contribution is 0.100. The molecule has 0 bridgehead atoms. The third-order valence-electron chi connectivity index (χ3n) is 3.62. The maximum atomic E-state index is 12.6. The number of nitrogens with zero attached hydrogens (tertiary/aromatic N) is 2. The lowest BCUT2D eigenvalue weighted by Crippen LogP contribution is -2.52. The summed E-state index contributed by atoms with van der Waals surface area (Å²) in [5.41, 5.74) is 0. The van der Waals surface area contributed by atoms with E-state index in [-0.39, 0.29) is 12.6 Å². The van der Waals surface area contributed by atoms with E-state index in [1.54, 1.807) is 6.07 Å². The van der Waals surface area contributed by atoms with Crippen molar-refractivity contribution in [2.75, 3.05) is 32.8 Å². The fourth-order valence-electron chi connectivity index (χ4n) is 2.33. The van der Waals surface area contributed by atoms with E-state index in [4.69, 9.17) is 5.11 Å². The monoisotopic (exact) mass is 382 g/mol. The fourth-order valence-corrected chi connectivity index (χ4v) is 6.13. The molecule has 8 heteroatoms. The molecular weight excluding hydrogens is 364 g/mol. The minimum absolute atomic E-state index is 0.0804. The third kappa shape index (κ3) is 3.26. The Balaban J connectivity index is 2.12. The van der Waals surface area contributed by atoms with Crippen molar-refractivity contribution in [3.63, 3.8) is 0 Å². The van der Waals surface area contributed by atoms with Crippen LogP contribution in [-0.2, 0) is 10.0 Å². The second-order valence-electron chi connectivity index (χ2n) is 4.94. The number of hydrogen-bond donors (Lipinski definition) is 1. The number of halogens is 1. The minimum atomic E-state index is -3.40. The van der Waals surface area contributed by atoms with E-state index in [1.165, 1.54) is 15.6 Å². The smallest absolute Gasteiger partial charge is 0.244 e. The summed E-state index contributed by atoms with van der Waals surface area (Å²) in [6.45, 7) is 6.13. The average molecular weight is 383 g/mol. The summed E-state index contributed by atoms with van der Waals surface area (Å²) in [6.07, 6.45) is 0. The highest BCUT2D eigenvalue weighted by Gasteiger charge is 2.31. The SMILES string of the molecule is Cc1sc(Br)cc1S(=O)(=O)N1CCN(C(C)CO)CC1. The van der Waals surface area contributed by atoms with Gasteiger partial charge in [-0.15, -0.1) is 11.3 Å². The van der Waals surface area contributed by atoms with Crippen molar-refractivity contribution in [3.05, 3.63) is 14.7 Å². The number of aliphatic hydroxyl groups is 1. The number of aryl methyl sites for hydroxylation is 1. The van der Waals surface area contributed by atoms with Crippen LogP contribution in [-0.4, -0.2) is 61.6 Å². The van der Waals surface area contributed by atoms with Crippen LogP contribution >= 0.6 is 27.3 Å². The van der Waals surface area contributed by atoms with Gasteiger partial charge in [0.15, 0.2) is 0 Å². The molecule has 1 unspecified atom stereocenters. The quantitative estimate of drug-likeness (QED) is 0.856. The molecule has 0 saturated carbocycles. The predicted molar refractivity (Wildman–Crippen MR) is 83.6 cm³/mol. The summed E-state index contributed by atoms with van der Waals surface area (Å²) in [4.78, 5) is 3.32. The van der Waals surface area contributed by atoms with E-state index >= 15 is 0 Å². The number of aliphatic hydroxyl groups excluding tert-OH is 1. The van der Waals surface area contributed by atoms with Gasteiger partial charge < -0.3 is 5.11 Å². The van der Waals surface area contributed by atoms with Crippen LogP contribution in [0.2, 0.25) is 0 Å². The topological polar surface area (TPSA) is 60.9 Å².